The van der Waals surface area contributed by atoms with Crippen molar-refractivity contribution >= 4 is 6.72 Å². The van der Waals surface area contributed by atoms with Gasteiger partial charge in [0.15, 0.2) is 6.61 Å². The molecule has 0 aliphatic carbocycles. The number of hydrogen-bond acceptors (Lipinski definition) is 4. The van der Waals surface area contributed by atoms with E-state index >= 15 is 0 Å². The predicted molar refractivity (Wildman–Crippen MR) is 61.8 cm³/mol. The van der Waals surface area contributed by atoms with Gasteiger partial charge in [0.05, 0.1) is 11.4 Å². The summed E-state index contributed by atoms with van der Waals surface area (Å²) in [6.45, 7) is 3.58. The fourth-order valence-corrected chi connectivity index (χ4v) is 1.35. The number of hydrogen-bond donors (Lipinski definition) is 0. The minimum absolute atomic E-state index is 0.331. The lowest BCUT2D eigenvalue weighted by atomic mass is 10.2. The van der Waals surface area contributed by atoms with Crippen molar-refractivity contribution in [2.45, 2.75) is 6.61 Å². The zero-order valence-corrected chi connectivity index (χ0v) is 8.71. The van der Waals surface area contributed by atoms with E-state index in [2.05, 4.69) is 21.8 Å². The highest BCUT2D eigenvalue weighted by atomic mass is 16.6. The Morgan fingerprint density at radius 2 is 2.19 bits per heavy atom. The van der Waals surface area contributed by atoms with Crippen molar-refractivity contribution in [3.63, 3.8) is 0 Å². The van der Waals surface area contributed by atoms with Crippen molar-refractivity contribution in [2.24, 2.45) is 5.16 Å². The lowest BCUT2D eigenvalue weighted by Crippen LogP contribution is -1.93. The van der Waals surface area contributed by atoms with E-state index in [1.165, 1.54) is 0 Å². The van der Waals surface area contributed by atoms with Gasteiger partial charge >= 0.3 is 0 Å². The third-order valence-electron chi connectivity index (χ3n) is 2.07. The SMILES string of the molecule is C=NOCc1cccc(-c2cccnc2)n1. The average Bonchev–Trinajstić information content (AvgIpc) is 2.38. The molecule has 0 radical (unpaired) electrons. The summed E-state index contributed by atoms with van der Waals surface area (Å²) in [5, 5.41) is 3.33. The zero-order valence-electron chi connectivity index (χ0n) is 8.71. The maximum absolute atomic E-state index is 4.85. The van der Waals surface area contributed by atoms with Gasteiger partial charge in [0.1, 0.15) is 0 Å². The van der Waals surface area contributed by atoms with E-state index in [4.69, 9.17) is 4.84 Å². The third kappa shape index (κ3) is 2.42. The minimum atomic E-state index is 0.331. The summed E-state index contributed by atoms with van der Waals surface area (Å²) in [7, 11) is 0. The number of aromatic nitrogens is 2. The largest absolute Gasteiger partial charge is 0.390 e. The van der Waals surface area contributed by atoms with Crippen molar-refractivity contribution in [1.29, 1.82) is 0 Å². The molecule has 0 aromatic carbocycles. The molecule has 80 valence electrons. The van der Waals surface area contributed by atoms with Crippen molar-refractivity contribution in [3.8, 4) is 11.3 Å². The fourth-order valence-electron chi connectivity index (χ4n) is 1.35. The van der Waals surface area contributed by atoms with Crippen LogP contribution in [0.1, 0.15) is 5.69 Å². The molecule has 0 atom stereocenters. The van der Waals surface area contributed by atoms with E-state index in [1.54, 1.807) is 12.4 Å². The first-order valence-corrected chi connectivity index (χ1v) is 4.84. The van der Waals surface area contributed by atoms with E-state index in [0.717, 1.165) is 17.0 Å². The number of rotatable bonds is 4. The van der Waals surface area contributed by atoms with E-state index in [-0.39, 0.29) is 0 Å². The quantitative estimate of drug-likeness (QED) is 0.578. The van der Waals surface area contributed by atoms with Gasteiger partial charge in [-0.15, -0.1) is 5.16 Å². The van der Waals surface area contributed by atoms with Crippen molar-refractivity contribution in [1.82, 2.24) is 9.97 Å². The van der Waals surface area contributed by atoms with E-state index in [0.29, 0.717) is 6.61 Å². The van der Waals surface area contributed by atoms with Gasteiger partial charge in [-0.2, -0.15) is 0 Å². The van der Waals surface area contributed by atoms with Crippen LogP contribution < -0.4 is 0 Å². The van der Waals surface area contributed by atoms with Gasteiger partial charge in [-0.25, -0.2) is 4.98 Å². The van der Waals surface area contributed by atoms with Gasteiger partial charge in [0.25, 0.3) is 0 Å². The van der Waals surface area contributed by atoms with Gasteiger partial charge in [-0.3, -0.25) is 4.98 Å². The van der Waals surface area contributed by atoms with Crippen LogP contribution in [-0.4, -0.2) is 16.7 Å². The Hall–Kier alpha value is -2.23. The lowest BCUT2D eigenvalue weighted by Gasteiger charge is -2.03. The molecule has 2 aromatic rings. The second kappa shape index (κ2) is 5.02. The third-order valence-corrected chi connectivity index (χ3v) is 2.07. The van der Waals surface area contributed by atoms with Crippen LogP contribution in [0.15, 0.2) is 47.9 Å². The monoisotopic (exact) mass is 213 g/mol. The Morgan fingerprint density at radius 3 is 2.94 bits per heavy atom. The normalized spacial score (nSPS) is 9.75. The first kappa shape index (κ1) is 10.3. The van der Waals surface area contributed by atoms with Crippen LogP contribution in [-0.2, 0) is 11.4 Å². The molecule has 0 saturated heterocycles. The highest BCUT2D eigenvalue weighted by Crippen LogP contribution is 2.15. The Balaban J connectivity index is 2.25. The average molecular weight is 213 g/mol. The van der Waals surface area contributed by atoms with Crippen LogP contribution in [0.25, 0.3) is 11.3 Å². The summed E-state index contributed by atoms with van der Waals surface area (Å²) in [5.74, 6) is 0. The van der Waals surface area contributed by atoms with Crippen molar-refractivity contribution in [2.75, 3.05) is 0 Å². The smallest absolute Gasteiger partial charge is 0.159 e. The Labute approximate surface area is 93.6 Å². The second-order valence-electron chi connectivity index (χ2n) is 3.16. The summed E-state index contributed by atoms with van der Waals surface area (Å²) in [4.78, 5) is 13.3. The molecule has 4 nitrogen and oxygen atoms in total. The fraction of sp³-hybridized carbons (Fsp3) is 0.0833. The highest BCUT2D eigenvalue weighted by Gasteiger charge is 2.00. The van der Waals surface area contributed by atoms with Crippen LogP contribution >= 0.6 is 0 Å². The lowest BCUT2D eigenvalue weighted by molar-refractivity contribution is 0.130. The molecule has 0 aliphatic heterocycles. The Kier molecular flexibility index (Phi) is 3.23. The molecule has 0 aliphatic rings. The standard InChI is InChI=1S/C12H11N3O/c1-13-16-9-11-5-2-6-12(15-11)10-4-3-7-14-8-10/h2-8H,1,9H2. The van der Waals surface area contributed by atoms with Gasteiger partial charge < -0.3 is 4.84 Å². The van der Waals surface area contributed by atoms with Crippen LogP contribution in [0, 0.1) is 0 Å². The molecular formula is C12H11N3O. The topological polar surface area (TPSA) is 47.4 Å². The van der Waals surface area contributed by atoms with E-state index in [1.807, 2.05) is 30.3 Å². The molecule has 16 heavy (non-hydrogen) atoms. The molecular weight excluding hydrogens is 202 g/mol. The van der Waals surface area contributed by atoms with Gasteiger partial charge in [-0.05, 0) is 24.3 Å². The molecule has 0 amide bonds. The van der Waals surface area contributed by atoms with E-state index < -0.39 is 0 Å². The molecule has 0 saturated carbocycles. The van der Waals surface area contributed by atoms with Crippen molar-refractivity contribution in [3.05, 3.63) is 48.4 Å². The predicted octanol–water partition coefficient (Wildman–Crippen LogP) is 2.28. The second-order valence-corrected chi connectivity index (χ2v) is 3.16. The summed E-state index contributed by atoms with van der Waals surface area (Å²) in [6, 6.07) is 9.58. The first-order valence-electron chi connectivity index (χ1n) is 4.84. The molecule has 0 fully saturated rings. The van der Waals surface area contributed by atoms with Crippen LogP contribution in [0.3, 0.4) is 0 Å². The van der Waals surface area contributed by atoms with Gasteiger partial charge in [0.2, 0.25) is 0 Å². The molecule has 2 rings (SSSR count). The molecule has 2 heterocycles. The summed E-state index contributed by atoms with van der Waals surface area (Å²) in [5.41, 5.74) is 2.67. The molecule has 0 N–H and O–H groups in total. The highest BCUT2D eigenvalue weighted by molar-refractivity contribution is 5.57. The number of oxime groups is 1. The maximum Gasteiger partial charge on any atom is 0.159 e. The van der Waals surface area contributed by atoms with Crippen LogP contribution in [0.5, 0.6) is 0 Å². The Bertz CT molecular complexity index is 471. The Morgan fingerprint density at radius 1 is 1.25 bits per heavy atom. The summed E-state index contributed by atoms with van der Waals surface area (Å²) < 4.78 is 0. The molecule has 0 unspecified atom stereocenters. The summed E-state index contributed by atoms with van der Waals surface area (Å²) in [6.07, 6.45) is 3.51. The summed E-state index contributed by atoms with van der Waals surface area (Å²) >= 11 is 0. The van der Waals surface area contributed by atoms with Crippen LogP contribution in [0.4, 0.5) is 0 Å². The number of nitrogens with zero attached hydrogens (tertiary/aromatic N) is 3. The van der Waals surface area contributed by atoms with Crippen molar-refractivity contribution < 1.29 is 4.84 Å². The maximum atomic E-state index is 4.85. The van der Waals surface area contributed by atoms with Gasteiger partial charge in [0, 0.05) is 24.7 Å². The zero-order chi connectivity index (χ0) is 11.2. The molecule has 2 aromatic heterocycles. The minimum Gasteiger partial charge on any atom is -0.390 e. The molecule has 4 heteroatoms. The first-order chi connectivity index (χ1) is 7.90. The van der Waals surface area contributed by atoms with E-state index in [9.17, 15) is 0 Å². The number of pyridine rings is 2. The molecule has 0 spiro atoms. The van der Waals surface area contributed by atoms with Crippen LogP contribution in [0.2, 0.25) is 0 Å². The van der Waals surface area contributed by atoms with Gasteiger partial charge in [-0.1, -0.05) is 6.07 Å². The molecule has 0 bridgehead atoms.